The summed E-state index contributed by atoms with van der Waals surface area (Å²) in [6.45, 7) is 5.48. The highest BCUT2D eigenvalue weighted by Gasteiger charge is 2.16. The average molecular weight is 340 g/mol. The van der Waals surface area contributed by atoms with Crippen molar-refractivity contribution in [2.45, 2.75) is 37.5 Å². The Balaban J connectivity index is 3.44. The first kappa shape index (κ1) is 18.2. The standard InChI is InChI=1S/C14H16N2O4S2/c1-7(17)15-12-5-11(21-9(3)19)6-13(16-8(2)18)14(12)22-10(4)20/h5-6H,1-4H3,(H,15,17)(H,16,18). The lowest BCUT2D eigenvalue weighted by Crippen LogP contribution is -2.11. The lowest BCUT2D eigenvalue weighted by atomic mass is 10.2. The van der Waals surface area contributed by atoms with Crippen molar-refractivity contribution in [2.24, 2.45) is 0 Å². The molecule has 0 atom stereocenters. The summed E-state index contributed by atoms with van der Waals surface area (Å²) in [6, 6.07) is 3.20. The number of hydrogen-bond donors (Lipinski definition) is 2. The van der Waals surface area contributed by atoms with E-state index in [0.29, 0.717) is 21.2 Å². The van der Waals surface area contributed by atoms with Crippen LogP contribution in [0.4, 0.5) is 11.4 Å². The SMILES string of the molecule is CC(=O)Nc1cc(SC(C)=O)cc(NC(C)=O)c1SC(C)=O. The van der Waals surface area contributed by atoms with Crippen LogP contribution in [0.15, 0.2) is 21.9 Å². The van der Waals surface area contributed by atoms with Gasteiger partial charge in [0.2, 0.25) is 11.8 Å². The average Bonchev–Trinajstić information content (AvgIpc) is 2.30. The Morgan fingerprint density at radius 3 is 1.50 bits per heavy atom. The fraction of sp³-hybridized carbons (Fsp3) is 0.286. The molecule has 118 valence electrons. The van der Waals surface area contributed by atoms with Gasteiger partial charge in [0.25, 0.3) is 0 Å². The summed E-state index contributed by atoms with van der Waals surface area (Å²) in [5.41, 5.74) is 0.755. The summed E-state index contributed by atoms with van der Waals surface area (Å²) in [7, 11) is 0. The number of thioether (sulfide) groups is 2. The lowest BCUT2D eigenvalue weighted by Gasteiger charge is -2.15. The van der Waals surface area contributed by atoms with Crippen molar-refractivity contribution >= 4 is 56.9 Å². The molecule has 8 heteroatoms. The molecule has 0 fully saturated rings. The monoisotopic (exact) mass is 340 g/mol. The largest absolute Gasteiger partial charge is 0.325 e. The van der Waals surface area contributed by atoms with Crippen molar-refractivity contribution in [3.8, 4) is 0 Å². The van der Waals surface area contributed by atoms with Crippen LogP contribution in [0.2, 0.25) is 0 Å². The van der Waals surface area contributed by atoms with Crippen LogP contribution >= 0.6 is 23.5 Å². The zero-order valence-corrected chi connectivity index (χ0v) is 14.2. The second-order valence-electron chi connectivity index (χ2n) is 4.40. The van der Waals surface area contributed by atoms with Crippen molar-refractivity contribution in [3.63, 3.8) is 0 Å². The van der Waals surface area contributed by atoms with E-state index in [9.17, 15) is 19.2 Å². The molecule has 2 N–H and O–H groups in total. The highest BCUT2D eigenvalue weighted by molar-refractivity contribution is 8.14. The molecule has 0 heterocycles. The number of nitrogens with one attached hydrogen (secondary N) is 2. The summed E-state index contributed by atoms with van der Waals surface area (Å²) in [4.78, 5) is 46.4. The van der Waals surface area contributed by atoms with E-state index in [0.717, 1.165) is 23.5 Å². The van der Waals surface area contributed by atoms with Crippen LogP contribution in [-0.2, 0) is 19.2 Å². The first-order chi connectivity index (χ1) is 10.2. The zero-order chi connectivity index (χ0) is 16.9. The number of anilines is 2. The van der Waals surface area contributed by atoms with E-state index in [1.165, 1.54) is 27.7 Å². The molecule has 0 aliphatic carbocycles. The maximum absolute atomic E-state index is 11.4. The van der Waals surface area contributed by atoms with Crippen LogP contribution in [0.25, 0.3) is 0 Å². The van der Waals surface area contributed by atoms with Gasteiger partial charge in [-0.1, -0.05) is 11.8 Å². The van der Waals surface area contributed by atoms with Gasteiger partial charge in [-0.3, -0.25) is 19.2 Å². The maximum atomic E-state index is 11.4. The first-order valence-electron chi connectivity index (χ1n) is 6.29. The molecular weight excluding hydrogens is 324 g/mol. The number of amides is 2. The van der Waals surface area contributed by atoms with Crippen LogP contribution in [0.5, 0.6) is 0 Å². The van der Waals surface area contributed by atoms with Crippen molar-refractivity contribution in [1.82, 2.24) is 0 Å². The third kappa shape index (κ3) is 5.90. The van der Waals surface area contributed by atoms with E-state index in [1.54, 1.807) is 12.1 Å². The van der Waals surface area contributed by atoms with E-state index >= 15 is 0 Å². The molecule has 0 bridgehead atoms. The van der Waals surface area contributed by atoms with Gasteiger partial charge in [-0.05, 0) is 23.9 Å². The fourth-order valence-corrected chi connectivity index (χ4v) is 3.06. The van der Waals surface area contributed by atoms with Crippen molar-refractivity contribution in [1.29, 1.82) is 0 Å². The Morgan fingerprint density at radius 2 is 1.18 bits per heavy atom. The smallest absolute Gasteiger partial charge is 0.221 e. The number of carbonyl (C=O) groups is 4. The maximum Gasteiger partial charge on any atom is 0.221 e. The van der Waals surface area contributed by atoms with Gasteiger partial charge in [0.1, 0.15) is 0 Å². The summed E-state index contributed by atoms with van der Waals surface area (Å²) in [5.74, 6) is -0.631. The minimum Gasteiger partial charge on any atom is -0.325 e. The normalized spacial score (nSPS) is 10.0. The second-order valence-corrected chi connectivity index (χ2v) is 6.83. The summed E-state index contributed by atoms with van der Waals surface area (Å²) in [5, 5.41) is 4.92. The van der Waals surface area contributed by atoms with Gasteiger partial charge in [0.15, 0.2) is 10.2 Å². The highest BCUT2D eigenvalue weighted by atomic mass is 32.2. The van der Waals surface area contributed by atoms with E-state index in [2.05, 4.69) is 10.6 Å². The molecule has 0 saturated carbocycles. The van der Waals surface area contributed by atoms with Crippen LogP contribution in [0.1, 0.15) is 27.7 Å². The number of rotatable bonds is 4. The molecule has 0 radical (unpaired) electrons. The molecule has 2 amide bonds. The first-order valence-corrected chi connectivity index (χ1v) is 7.92. The predicted octanol–water partition coefficient (Wildman–Crippen LogP) is 2.88. The number of benzene rings is 1. The summed E-state index contributed by atoms with van der Waals surface area (Å²) < 4.78 is 0. The minimum absolute atomic E-state index is 0.130. The topological polar surface area (TPSA) is 92.3 Å². The Bertz CT molecular complexity index is 607. The van der Waals surface area contributed by atoms with E-state index in [4.69, 9.17) is 0 Å². The second kappa shape index (κ2) is 8.00. The Morgan fingerprint density at radius 1 is 0.773 bits per heavy atom. The van der Waals surface area contributed by atoms with E-state index in [-0.39, 0.29) is 22.0 Å². The minimum atomic E-state index is -0.316. The molecule has 1 aromatic carbocycles. The molecule has 0 aliphatic rings. The molecule has 0 spiro atoms. The van der Waals surface area contributed by atoms with Crippen molar-refractivity contribution in [2.75, 3.05) is 10.6 Å². The van der Waals surface area contributed by atoms with Crippen molar-refractivity contribution in [3.05, 3.63) is 12.1 Å². The quantitative estimate of drug-likeness (QED) is 0.819. The molecule has 0 unspecified atom stereocenters. The third-order valence-corrected chi connectivity index (χ3v) is 3.88. The van der Waals surface area contributed by atoms with Gasteiger partial charge in [-0.25, -0.2) is 0 Å². The Hall–Kier alpha value is -1.80. The van der Waals surface area contributed by atoms with Gasteiger partial charge in [-0.15, -0.1) is 0 Å². The highest BCUT2D eigenvalue weighted by Crippen LogP contribution is 2.39. The van der Waals surface area contributed by atoms with Crippen LogP contribution in [0, 0.1) is 0 Å². The molecule has 0 aromatic heterocycles. The Kier molecular flexibility index (Phi) is 6.63. The molecule has 6 nitrogen and oxygen atoms in total. The summed E-state index contributed by atoms with van der Waals surface area (Å²) in [6.07, 6.45) is 0. The molecular formula is C14H16N2O4S2. The lowest BCUT2D eigenvalue weighted by molar-refractivity contribution is -0.115. The Labute approximate surface area is 136 Å². The van der Waals surface area contributed by atoms with Crippen LogP contribution in [0.3, 0.4) is 0 Å². The van der Waals surface area contributed by atoms with E-state index in [1.807, 2.05) is 0 Å². The summed E-state index contributed by atoms with van der Waals surface area (Å²) >= 11 is 1.87. The van der Waals surface area contributed by atoms with Gasteiger partial charge in [-0.2, -0.15) is 0 Å². The predicted molar refractivity (Wildman–Crippen MR) is 88.1 cm³/mol. The van der Waals surface area contributed by atoms with Gasteiger partial charge >= 0.3 is 0 Å². The van der Waals surface area contributed by atoms with Crippen molar-refractivity contribution < 1.29 is 19.2 Å². The fourth-order valence-electron chi connectivity index (χ4n) is 1.65. The molecule has 0 aliphatic heterocycles. The van der Waals surface area contributed by atoms with Crippen LogP contribution < -0.4 is 10.6 Å². The third-order valence-electron chi connectivity index (χ3n) is 2.19. The zero-order valence-electron chi connectivity index (χ0n) is 12.6. The molecule has 1 aromatic rings. The van der Waals surface area contributed by atoms with E-state index < -0.39 is 0 Å². The molecule has 22 heavy (non-hydrogen) atoms. The molecule has 1 rings (SSSR count). The van der Waals surface area contributed by atoms with Gasteiger partial charge < -0.3 is 10.6 Å². The van der Waals surface area contributed by atoms with Gasteiger partial charge in [0, 0.05) is 32.6 Å². The van der Waals surface area contributed by atoms with Gasteiger partial charge in [0.05, 0.1) is 16.3 Å². The van der Waals surface area contributed by atoms with Crippen LogP contribution in [-0.4, -0.2) is 22.0 Å². The molecule has 0 saturated heterocycles. The number of hydrogen-bond acceptors (Lipinski definition) is 6. The number of carbonyl (C=O) groups excluding carboxylic acids is 4.